The van der Waals surface area contributed by atoms with Crippen molar-refractivity contribution >= 4 is 28.7 Å². The largest absolute Gasteiger partial charge is 0.396 e. The van der Waals surface area contributed by atoms with E-state index in [0.29, 0.717) is 0 Å². The molecule has 1 amide bonds. The Morgan fingerprint density at radius 1 is 1.23 bits per heavy atom. The topological polar surface area (TPSA) is 164 Å². The normalized spacial score (nSPS) is 13.5. The Hall–Kier alpha value is -2.95. The van der Waals surface area contributed by atoms with Crippen LogP contribution in [-0.4, -0.2) is 58.3 Å². The number of hydrogen-bond acceptors (Lipinski definition) is 8. The van der Waals surface area contributed by atoms with E-state index in [-0.39, 0.29) is 19.4 Å². The highest BCUT2D eigenvalue weighted by Crippen LogP contribution is 2.20. The van der Waals surface area contributed by atoms with Crippen molar-refractivity contribution in [3.8, 4) is 0 Å². The number of aromatic amines is 1. The predicted octanol–water partition coefficient (Wildman–Crippen LogP) is -0.0752. The summed E-state index contributed by atoms with van der Waals surface area (Å²) in [5.74, 6) is -2.53. The molecule has 2 atom stereocenters. The van der Waals surface area contributed by atoms with Crippen LogP contribution in [0, 0.1) is 5.41 Å². The van der Waals surface area contributed by atoms with Crippen LogP contribution in [0.5, 0.6) is 0 Å². The van der Waals surface area contributed by atoms with E-state index in [1.807, 2.05) is 24.3 Å². The molecule has 0 bridgehead atoms. The summed E-state index contributed by atoms with van der Waals surface area (Å²) in [7, 11) is 0. The molecule has 1 heterocycles. The van der Waals surface area contributed by atoms with Crippen molar-refractivity contribution < 1.29 is 34.4 Å². The van der Waals surface area contributed by atoms with Crippen LogP contribution in [0.2, 0.25) is 0 Å². The molecular weight excluding hydrogens is 394 g/mol. The van der Waals surface area contributed by atoms with Crippen molar-refractivity contribution in [3.63, 3.8) is 0 Å². The quantitative estimate of drug-likeness (QED) is 0.277. The number of benzene rings is 1. The number of aromatic nitrogens is 1. The van der Waals surface area contributed by atoms with Crippen molar-refractivity contribution in [2.24, 2.45) is 11.1 Å². The van der Waals surface area contributed by atoms with Crippen molar-refractivity contribution in [1.29, 1.82) is 0 Å². The van der Waals surface area contributed by atoms with Crippen molar-refractivity contribution in [3.05, 3.63) is 36.0 Å². The van der Waals surface area contributed by atoms with Gasteiger partial charge in [-0.05, 0) is 11.6 Å². The second-order valence-corrected chi connectivity index (χ2v) is 7.62. The minimum absolute atomic E-state index is 0.144. The number of aliphatic hydroxyl groups excluding tert-OH is 2. The van der Waals surface area contributed by atoms with Gasteiger partial charge in [0.15, 0.2) is 0 Å². The third-order valence-corrected chi connectivity index (χ3v) is 4.66. The number of carbonyl (C=O) groups is 3. The van der Waals surface area contributed by atoms with Crippen LogP contribution in [0.25, 0.3) is 10.9 Å². The highest BCUT2D eigenvalue weighted by molar-refractivity contribution is 5.85. The molecule has 0 saturated carbocycles. The van der Waals surface area contributed by atoms with Crippen LogP contribution < -0.4 is 11.1 Å². The molecule has 6 N–H and O–H groups in total. The molecule has 2 rings (SSSR count). The average molecular weight is 421 g/mol. The first-order chi connectivity index (χ1) is 14.2. The van der Waals surface area contributed by atoms with Gasteiger partial charge < -0.3 is 26.2 Å². The van der Waals surface area contributed by atoms with Crippen molar-refractivity contribution in [2.45, 2.75) is 38.8 Å². The highest BCUT2D eigenvalue weighted by atomic mass is 17.2. The maximum absolute atomic E-state index is 12.0. The van der Waals surface area contributed by atoms with Gasteiger partial charge in [-0.3, -0.25) is 4.79 Å². The molecule has 0 radical (unpaired) electrons. The van der Waals surface area contributed by atoms with Gasteiger partial charge >= 0.3 is 11.9 Å². The molecule has 10 heteroatoms. The minimum Gasteiger partial charge on any atom is -0.396 e. The van der Waals surface area contributed by atoms with Crippen molar-refractivity contribution in [2.75, 3.05) is 13.2 Å². The van der Waals surface area contributed by atoms with Gasteiger partial charge in [0.1, 0.15) is 12.1 Å². The van der Waals surface area contributed by atoms with Gasteiger partial charge in [-0.15, -0.1) is 0 Å². The van der Waals surface area contributed by atoms with E-state index in [1.54, 1.807) is 6.20 Å². The number of para-hydroxylation sites is 1. The number of H-pyrrole nitrogens is 1. The first-order valence-corrected chi connectivity index (χ1v) is 9.44. The number of nitrogens with one attached hydrogen (secondary N) is 2. The van der Waals surface area contributed by atoms with E-state index in [0.717, 1.165) is 16.5 Å². The smallest absolute Gasteiger partial charge is 0.372 e. The SMILES string of the molecule is CC(C)(CO)[C@@H](O)C(=O)NCCC(=O)OOC(=O)C(N)Cc1c[nH]c2ccccc12. The van der Waals surface area contributed by atoms with Crippen molar-refractivity contribution in [1.82, 2.24) is 10.3 Å². The molecule has 0 aliphatic rings. The summed E-state index contributed by atoms with van der Waals surface area (Å²) < 4.78 is 0. The average Bonchev–Trinajstić information content (AvgIpc) is 3.14. The molecule has 10 nitrogen and oxygen atoms in total. The lowest BCUT2D eigenvalue weighted by molar-refractivity contribution is -0.259. The summed E-state index contributed by atoms with van der Waals surface area (Å²) in [5.41, 5.74) is 6.54. The zero-order valence-electron chi connectivity index (χ0n) is 16.9. The molecule has 0 saturated heterocycles. The van der Waals surface area contributed by atoms with Crippen LogP contribution >= 0.6 is 0 Å². The van der Waals surface area contributed by atoms with E-state index < -0.39 is 42.0 Å². The third-order valence-electron chi connectivity index (χ3n) is 4.66. The lowest BCUT2D eigenvalue weighted by Crippen LogP contribution is -2.46. The first-order valence-electron chi connectivity index (χ1n) is 9.44. The fourth-order valence-electron chi connectivity index (χ4n) is 2.64. The lowest BCUT2D eigenvalue weighted by Gasteiger charge is -2.26. The molecular formula is C20H27N3O7. The summed E-state index contributed by atoms with van der Waals surface area (Å²) >= 11 is 0. The summed E-state index contributed by atoms with van der Waals surface area (Å²) in [6.45, 7) is 2.50. The van der Waals surface area contributed by atoms with Gasteiger partial charge in [0.05, 0.1) is 13.0 Å². The van der Waals surface area contributed by atoms with Gasteiger partial charge in [-0.2, -0.15) is 0 Å². The van der Waals surface area contributed by atoms with Crippen LogP contribution in [0.3, 0.4) is 0 Å². The first kappa shape index (κ1) is 23.3. The number of hydrogen-bond donors (Lipinski definition) is 5. The molecule has 0 aliphatic carbocycles. The summed E-state index contributed by atoms with van der Waals surface area (Å²) in [5, 5.41) is 22.3. The molecule has 1 aromatic carbocycles. The summed E-state index contributed by atoms with van der Waals surface area (Å²) in [6, 6.07) is 6.51. The standard InChI is InChI=1S/C20H27N3O7/c1-20(2,11-24)17(26)18(27)22-8-7-16(25)29-30-19(28)14(21)9-12-10-23-15-6-4-3-5-13(12)15/h3-6,10,14,17,23-24,26H,7-9,11,21H2,1-2H3,(H,22,27)/t14?,17-/m0/s1. The van der Waals surface area contributed by atoms with Crippen LogP contribution in [0.15, 0.2) is 30.5 Å². The summed E-state index contributed by atoms with van der Waals surface area (Å²) in [4.78, 5) is 47.4. The second-order valence-electron chi connectivity index (χ2n) is 7.62. The Morgan fingerprint density at radius 2 is 1.93 bits per heavy atom. The Labute approximate surface area is 173 Å². The molecule has 0 aliphatic heterocycles. The van der Waals surface area contributed by atoms with Gasteiger partial charge in [0.2, 0.25) is 5.91 Å². The number of amides is 1. The zero-order valence-corrected chi connectivity index (χ0v) is 16.9. The number of rotatable bonds is 9. The molecule has 164 valence electrons. The van der Waals surface area contributed by atoms with Crippen LogP contribution in [-0.2, 0) is 30.6 Å². The summed E-state index contributed by atoms with van der Waals surface area (Å²) in [6.07, 6.45) is 0.204. The predicted molar refractivity (Wildman–Crippen MR) is 107 cm³/mol. The Bertz CT molecular complexity index is 893. The van der Waals surface area contributed by atoms with E-state index in [1.165, 1.54) is 13.8 Å². The molecule has 30 heavy (non-hydrogen) atoms. The van der Waals surface area contributed by atoms with E-state index in [4.69, 9.17) is 10.8 Å². The number of aliphatic hydroxyl groups is 2. The van der Waals surface area contributed by atoms with Crippen LogP contribution in [0.1, 0.15) is 25.8 Å². The third kappa shape index (κ3) is 6.02. The lowest BCUT2D eigenvalue weighted by atomic mass is 9.87. The molecule has 2 aromatic rings. The molecule has 1 unspecified atom stereocenters. The monoisotopic (exact) mass is 421 g/mol. The van der Waals surface area contributed by atoms with Gasteiger partial charge in [-0.1, -0.05) is 32.0 Å². The Kier molecular flexibility index (Phi) is 7.93. The maximum atomic E-state index is 12.0. The Morgan fingerprint density at radius 3 is 2.63 bits per heavy atom. The number of carbonyl (C=O) groups excluding carboxylic acids is 3. The van der Waals surface area contributed by atoms with E-state index in [2.05, 4.69) is 20.1 Å². The van der Waals surface area contributed by atoms with E-state index >= 15 is 0 Å². The fraction of sp³-hybridized carbons (Fsp3) is 0.450. The van der Waals surface area contributed by atoms with Gasteiger partial charge in [0, 0.05) is 35.5 Å². The second kappa shape index (κ2) is 10.2. The molecule has 0 fully saturated rings. The minimum atomic E-state index is -1.45. The van der Waals surface area contributed by atoms with Gasteiger partial charge in [0.25, 0.3) is 0 Å². The van der Waals surface area contributed by atoms with E-state index in [9.17, 15) is 19.5 Å². The number of fused-ring (bicyclic) bond motifs is 1. The van der Waals surface area contributed by atoms with Crippen LogP contribution in [0.4, 0.5) is 0 Å². The van der Waals surface area contributed by atoms with Gasteiger partial charge in [-0.25, -0.2) is 19.4 Å². The maximum Gasteiger partial charge on any atom is 0.372 e. The zero-order chi connectivity index (χ0) is 22.3. The molecule has 0 spiro atoms. The fourth-order valence-corrected chi connectivity index (χ4v) is 2.64. The molecule has 1 aromatic heterocycles. The highest BCUT2D eigenvalue weighted by Gasteiger charge is 2.32. The Balaban J connectivity index is 1.72. The number of nitrogens with two attached hydrogens (primary N) is 1.